The smallest absolute Gasteiger partial charge is 0.335 e. The van der Waals surface area contributed by atoms with Gasteiger partial charge in [0.05, 0.1) is 22.7 Å². The van der Waals surface area contributed by atoms with E-state index in [1.807, 2.05) is 33.0 Å². The Labute approximate surface area is 134 Å². The van der Waals surface area contributed by atoms with E-state index in [1.165, 1.54) is 0 Å². The number of aromatic carboxylic acids is 1. The molecule has 0 saturated carbocycles. The van der Waals surface area contributed by atoms with E-state index in [0.717, 1.165) is 28.2 Å². The Morgan fingerprint density at radius 2 is 2.09 bits per heavy atom. The molecular weight excluding hydrogens is 294 g/mol. The number of hydrogen-bond donors (Lipinski definition) is 1. The van der Waals surface area contributed by atoms with E-state index in [4.69, 9.17) is 4.84 Å². The summed E-state index contributed by atoms with van der Waals surface area (Å²) in [5, 5.41) is 17.8. The van der Waals surface area contributed by atoms with E-state index >= 15 is 0 Å². The fourth-order valence-electron chi connectivity index (χ4n) is 2.97. The lowest BCUT2D eigenvalue weighted by Crippen LogP contribution is -2.25. The molecule has 0 radical (unpaired) electrons. The van der Waals surface area contributed by atoms with Crippen molar-refractivity contribution in [2.24, 2.45) is 12.2 Å². The van der Waals surface area contributed by atoms with Gasteiger partial charge < -0.3 is 9.94 Å². The van der Waals surface area contributed by atoms with Crippen molar-refractivity contribution in [1.82, 2.24) is 9.78 Å². The first-order chi connectivity index (χ1) is 10.8. The van der Waals surface area contributed by atoms with Crippen LogP contribution in [0.1, 0.15) is 46.2 Å². The van der Waals surface area contributed by atoms with E-state index in [-0.39, 0.29) is 5.56 Å². The first kappa shape index (κ1) is 15.3. The summed E-state index contributed by atoms with van der Waals surface area (Å²) in [4.78, 5) is 17.0. The van der Waals surface area contributed by atoms with Gasteiger partial charge in [0.1, 0.15) is 0 Å². The first-order valence-electron chi connectivity index (χ1n) is 7.40. The highest BCUT2D eigenvalue weighted by molar-refractivity contribution is 6.03. The van der Waals surface area contributed by atoms with Gasteiger partial charge in [-0.2, -0.15) is 5.10 Å². The molecule has 1 aliphatic rings. The SMILES string of the molecule is Cc1cc(C2(C)CC(c3ccc(C)c(C(=O)O)c3)=NO2)n(C)n1. The number of benzene rings is 1. The van der Waals surface area contributed by atoms with Gasteiger partial charge in [-0.1, -0.05) is 17.3 Å². The third-order valence-electron chi connectivity index (χ3n) is 4.21. The van der Waals surface area contributed by atoms with Crippen molar-refractivity contribution in [3.05, 3.63) is 52.3 Å². The molecule has 2 heterocycles. The maximum atomic E-state index is 11.3. The Morgan fingerprint density at radius 3 is 2.70 bits per heavy atom. The van der Waals surface area contributed by atoms with Gasteiger partial charge in [0, 0.05) is 19.0 Å². The maximum absolute atomic E-state index is 11.3. The summed E-state index contributed by atoms with van der Waals surface area (Å²) in [5.41, 5.74) is 3.80. The van der Waals surface area contributed by atoms with E-state index in [1.54, 1.807) is 23.7 Å². The number of aromatic nitrogens is 2. The van der Waals surface area contributed by atoms with Crippen molar-refractivity contribution in [2.45, 2.75) is 32.8 Å². The third-order valence-corrected chi connectivity index (χ3v) is 4.21. The van der Waals surface area contributed by atoms with Gasteiger partial charge in [0.25, 0.3) is 0 Å². The van der Waals surface area contributed by atoms with Gasteiger partial charge in [-0.3, -0.25) is 4.68 Å². The first-order valence-corrected chi connectivity index (χ1v) is 7.40. The summed E-state index contributed by atoms with van der Waals surface area (Å²) < 4.78 is 1.80. The highest BCUT2D eigenvalue weighted by Gasteiger charge is 2.39. The van der Waals surface area contributed by atoms with Crippen molar-refractivity contribution in [1.29, 1.82) is 0 Å². The number of hydrogen-bond acceptors (Lipinski definition) is 4. The zero-order chi connectivity index (χ0) is 16.8. The van der Waals surface area contributed by atoms with E-state index < -0.39 is 11.6 Å². The van der Waals surface area contributed by atoms with E-state index in [2.05, 4.69) is 10.3 Å². The summed E-state index contributed by atoms with van der Waals surface area (Å²) in [7, 11) is 1.88. The van der Waals surface area contributed by atoms with Gasteiger partial charge in [0.15, 0.2) is 5.60 Å². The van der Waals surface area contributed by atoms with Crippen molar-refractivity contribution in [3.63, 3.8) is 0 Å². The summed E-state index contributed by atoms with van der Waals surface area (Å²) in [6.45, 7) is 5.68. The molecule has 0 aliphatic carbocycles. The molecule has 1 aromatic heterocycles. The minimum Gasteiger partial charge on any atom is -0.478 e. The van der Waals surface area contributed by atoms with Crippen molar-refractivity contribution < 1.29 is 14.7 Å². The van der Waals surface area contributed by atoms with Gasteiger partial charge in [-0.15, -0.1) is 0 Å². The second kappa shape index (κ2) is 5.22. The molecule has 1 aliphatic heterocycles. The molecule has 0 fully saturated rings. The number of oxime groups is 1. The molecule has 6 nitrogen and oxygen atoms in total. The number of rotatable bonds is 3. The summed E-state index contributed by atoms with van der Waals surface area (Å²) in [5.74, 6) is -0.936. The second-order valence-corrected chi connectivity index (χ2v) is 6.17. The van der Waals surface area contributed by atoms with Crippen LogP contribution in [0.25, 0.3) is 0 Å². The molecule has 1 aromatic carbocycles. The van der Waals surface area contributed by atoms with E-state index in [9.17, 15) is 9.90 Å². The Bertz CT molecular complexity index is 822. The average molecular weight is 313 g/mol. The monoisotopic (exact) mass is 313 g/mol. The fraction of sp³-hybridized carbons (Fsp3) is 0.353. The molecule has 6 heteroatoms. The molecule has 0 amide bonds. The average Bonchev–Trinajstić information content (AvgIpc) is 3.03. The summed E-state index contributed by atoms with van der Waals surface area (Å²) in [6.07, 6.45) is 0.564. The molecule has 0 bridgehead atoms. The van der Waals surface area contributed by atoms with Crippen molar-refractivity contribution in [2.75, 3.05) is 0 Å². The number of aryl methyl sites for hydroxylation is 3. The highest BCUT2D eigenvalue weighted by Crippen LogP contribution is 2.36. The molecule has 1 unspecified atom stereocenters. The zero-order valence-corrected chi connectivity index (χ0v) is 13.6. The summed E-state index contributed by atoms with van der Waals surface area (Å²) >= 11 is 0. The quantitative estimate of drug-likeness (QED) is 0.945. The lowest BCUT2D eigenvalue weighted by atomic mass is 9.91. The summed E-state index contributed by atoms with van der Waals surface area (Å²) in [6, 6.07) is 7.31. The number of nitrogens with zero attached hydrogens (tertiary/aromatic N) is 3. The highest BCUT2D eigenvalue weighted by atomic mass is 16.7. The van der Waals surface area contributed by atoms with Crippen LogP contribution in [0.2, 0.25) is 0 Å². The normalized spacial score (nSPS) is 20.3. The van der Waals surface area contributed by atoms with Crippen molar-refractivity contribution in [3.8, 4) is 0 Å². The fourth-order valence-corrected chi connectivity index (χ4v) is 2.97. The largest absolute Gasteiger partial charge is 0.478 e. The van der Waals surface area contributed by atoms with Crippen LogP contribution in [0.15, 0.2) is 29.4 Å². The van der Waals surface area contributed by atoms with Gasteiger partial charge in [-0.25, -0.2) is 4.79 Å². The third kappa shape index (κ3) is 2.60. The lowest BCUT2D eigenvalue weighted by Gasteiger charge is -2.21. The lowest BCUT2D eigenvalue weighted by molar-refractivity contribution is -0.0136. The van der Waals surface area contributed by atoms with Crippen LogP contribution in [-0.4, -0.2) is 26.6 Å². The molecule has 2 aromatic rings. The minimum atomic E-state index is -0.936. The molecule has 0 saturated heterocycles. The molecule has 1 atom stereocenters. The molecule has 3 rings (SSSR count). The van der Waals surface area contributed by atoms with Crippen LogP contribution in [0.5, 0.6) is 0 Å². The van der Waals surface area contributed by atoms with Crippen LogP contribution in [0.3, 0.4) is 0 Å². The van der Waals surface area contributed by atoms with Gasteiger partial charge in [-0.05, 0) is 38.5 Å². The molecule has 0 spiro atoms. The predicted molar refractivity (Wildman–Crippen MR) is 85.7 cm³/mol. The van der Waals surface area contributed by atoms with Crippen LogP contribution in [0.4, 0.5) is 0 Å². The Kier molecular flexibility index (Phi) is 3.47. The van der Waals surface area contributed by atoms with Gasteiger partial charge in [0.2, 0.25) is 0 Å². The molecular formula is C17H19N3O3. The van der Waals surface area contributed by atoms with Crippen LogP contribution < -0.4 is 0 Å². The maximum Gasteiger partial charge on any atom is 0.335 e. The Balaban J connectivity index is 1.92. The Morgan fingerprint density at radius 1 is 1.35 bits per heavy atom. The number of carboxylic acid groups (broad SMARTS) is 1. The second-order valence-electron chi connectivity index (χ2n) is 6.17. The standard InChI is InChI=1S/C17H19N3O3/c1-10-5-6-12(8-13(10)16(21)22)14-9-17(3,23-19-14)15-7-11(2)18-20(15)4/h5-8H,9H2,1-4H3,(H,21,22). The van der Waals surface area contributed by atoms with Gasteiger partial charge >= 0.3 is 5.97 Å². The van der Waals surface area contributed by atoms with E-state index in [0.29, 0.717) is 6.42 Å². The minimum absolute atomic E-state index is 0.287. The van der Waals surface area contributed by atoms with Crippen LogP contribution in [-0.2, 0) is 17.5 Å². The Hall–Kier alpha value is -2.63. The topological polar surface area (TPSA) is 76.7 Å². The zero-order valence-electron chi connectivity index (χ0n) is 13.6. The predicted octanol–water partition coefficient (Wildman–Crippen LogP) is 2.77. The number of carbonyl (C=O) groups is 1. The van der Waals surface area contributed by atoms with Crippen LogP contribution >= 0.6 is 0 Å². The number of carboxylic acids is 1. The molecule has 23 heavy (non-hydrogen) atoms. The van der Waals surface area contributed by atoms with Crippen LogP contribution in [0, 0.1) is 13.8 Å². The molecule has 1 N–H and O–H groups in total. The van der Waals surface area contributed by atoms with Crippen molar-refractivity contribution >= 4 is 11.7 Å². The molecule has 120 valence electrons.